The van der Waals surface area contributed by atoms with Crippen LogP contribution in [0, 0.1) is 4.91 Å². The van der Waals surface area contributed by atoms with Crippen LogP contribution in [0.1, 0.15) is 0 Å². The molecule has 0 spiro atoms. The lowest BCUT2D eigenvalue weighted by Crippen LogP contribution is -2.36. The highest BCUT2D eigenvalue weighted by Gasteiger charge is 2.24. The highest BCUT2D eigenvalue weighted by Crippen LogP contribution is 1.98. The summed E-state index contributed by atoms with van der Waals surface area (Å²) in [5, 5.41) is 0.861. The van der Waals surface area contributed by atoms with Crippen LogP contribution in [0.4, 0.5) is 0 Å². The number of hydrazine groups is 2. The third kappa shape index (κ3) is 0.526. The van der Waals surface area contributed by atoms with E-state index in [0.29, 0.717) is 10.7 Å². The van der Waals surface area contributed by atoms with Gasteiger partial charge in [0.15, 0.2) is 5.82 Å². The summed E-state index contributed by atoms with van der Waals surface area (Å²) in [7, 11) is 0. The lowest BCUT2D eigenvalue weighted by molar-refractivity contribution is -0.683. The first-order valence-corrected chi connectivity index (χ1v) is 2.17. The quantitative estimate of drug-likeness (QED) is 0.303. The molecule has 0 saturated carbocycles. The minimum absolute atomic E-state index is 0.252. The van der Waals surface area contributed by atoms with E-state index in [9.17, 15) is 4.91 Å². The van der Waals surface area contributed by atoms with Crippen LogP contribution < -0.4 is 11.6 Å². The van der Waals surface area contributed by atoms with Crippen molar-refractivity contribution in [2.24, 2.45) is 11.6 Å². The first kappa shape index (κ1) is 5.04. The zero-order valence-corrected chi connectivity index (χ0v) is 4.24. The van der Waals surface area contributed by atoms with Crippen molar-refractivity contribution in [1.29, 1.82) is 0 Å². The molecule has 0 aromatic rings. The fourth-order valence-corrected chi connectivity index (χ4v) is 0.482. The summed E-state index contributed by atoms with van der Waals surface area (Å²) in [5.74, 6) is 5.38. The van der Waals surface area contributed by atoms with E-state index in [-0.39, 0.29) is 6.54 Å². The lowest BCUT2D eigenvalue weighted by Gasteiger charge is -1.97. The Kier molecular flexibility index (Phi) is 0.911. The van der Waals surface area contributed by atoms with Crippen LogP contribution in [-0.4, -0.2) is 16.5 Å². The minimum Gasteiger partial charge on any atom is -0.379 e. The van der Waals surface area contributed by atoms with Gasteiger partial charge in [-0.3, -0.25) is 0 Å². The smallest absolute Gasteiger partial charge is 0.249 e. The van der Waals surface area contributed by atoms with Gasteiger partial charge in [-0.15, -0.1) is 0 Å². The molecule has 1 rings (SSSR count). The van der Waals surface area contributed by atoms with Gasteiger partial charge in [0.25, 0.3) is 0 Å². The van der Waals surface area contributed by atoms with E-state index < -0.39 is 0 Å². The standard InChI is InChI=1S/C3H7N4O/c4-3-1-2-6(8)7(3)5/h1H,2,4-5H2/q+1. The molecule has 0 unspecified atom stereocenters. The van der Waals surface area contributed by atoms with Gasteiger partial charge in [-0.25, -0.2) is 0 Å². The summed E-state index contributed by atoms with van der Waals surface area (Å²) in [6.07, 6.45) is 1.55. The second kappa shape index (κ2) is 1.45. The van der Waals surface area contributed by atoms with Crippen LogP contribution in [0.2, 0.25) is 0 Å². The van der Waals surface area contributed by atoms with Crippen molar-refractivity contribution in [2.45, 2.75) is 0 Å². The molecule has 0 aliphatic carbocycles. The van der Waals surface area contributed by atoms with E-state index in [1.165, 1.54) is 0 Å². The van der Waals surface area contributed by atoms with Gasteiger partial charge >= 0.3 is 0 Å². The molecule has 4 N–H and O–H groups in total. The summed E-state index contributed by atoms with van der Waals surface area (Å²) in [6.45, 7) is 0.252. The Labute approximate surface area is 46.1 Å². The van der Waals surface area contributed by atoms with Gasteiger partial charge in [0.2, 0.25) is 6.54 Å². The van der Waals surface area contributed by atoms with E-state index in [4.69, 9.17) is 11.6 Å². The number of rotatable bonds is 0. The van der Waals surface area contributed by atoms with Crippen molar-refractivity contribution in [3.05, 3.63) is 16.8 Å². The average molecular weight is 115 g/mol. The molecule has 5 heteroatoms. The number of nitroso groups, excluding NO2 is 1. The van der Waals surface area contributed by atoms with Gasteiger partial charge in [-0.05, 0) is 5.12 Å². The van der Waals surface area contributed by atoms with Crippen LogP contribution >= 0.6 is 0 Å². The molecule has 1 heterocycles. The Bertz CT molecular complexity index is 151. The van der Waals surface area contributed by atoms with Gasteiger partial charge < -0.3 is 5.73 Å². The molecule has 0 saturated heterocycles. The van der Waals surface area contributed by atoms with Crippen molar-refractivity contribution in [3.8, 4) is 0 Å². The molecular weight excluding hydrogens is 108 g/mol. The van der Waals surface area contributed by atoms with E-state index in [1.807, 2.05) is 0 Å². The van der Waals surface area contributed by atoms with Crippen molar-refractivity contribution < 1.29 is 4.87 Å². The van der Waals surface area contributed by atoms with Crippen molar-refractivity contribution in [1.82, 2.24) is 5.12 Å². The monoisotopic (exact) mass is 115 g/mol. The Hall–Kier alpha value is -1.10. The van der Waals surface area contributed by atoms with E-state index >= 15 is 0 Å². The molecule has 1 aliphatic heterocycles. The normalized spacial score (nSPS) is 19.4. The first-order valence-electron chi connectivity index (χ1n) is 2.17. The molecule has 0 aromatic carbocycles. The third-order valence-corrected chi connectivity index (χ3v) is 0.961. The number of nitrogens with two attached hydrogens (primary N) is 2. The zero-order chi connectivity index (χ0) is 6.15. The van der Waals surface area contributed by atoms with Crippen LogP contribution in [0.3, 0.4) is 0 Å². The highest BCUT2D eigenvalue weighted by molar-refractivity contribution is 4.93. The summed E-state index contributed by atoms with van der Waals surface area (Å²) in [4.78, 5) is 10.9. The van der Waals surface area contributed by atoms with Crippen LogP contribution in [-0.2, 0) is 0 Å². The molecule has 0 radical (unpaired) electrons. The maximum atomic E-state index is 10.4. The maximum Gasteiger partial charge on any atom is 0.249 e. The van der Waals surface area contributed by atoms with E-state index in [1.54, 1.807) is 6.08 Å². The zero-order valence-electron chi connectivity index (χ0n) is 4.24. The first-order chi connectivity index (χ1) is 3.72. The Morgan fingerprint density at radius 3 is 2.62 bits per heavy atom. The topological polar surface area (TPSA) is 75.4 Å². The van der Waals surface area contributed by atoms with Gasteiger partial charge in [0.1, 0.15) is 4.87 Å². The van der Waals surface area contributed by atoms with Crippen molar-refractivity contribution in [2.75, 3.05) is 6.54 Å². The SMILES string of the molecule is NC1=CC[N+](=O)N1N. The summed E-state index contributed by atoms with van der Waals surface area (Å²) in [6, 6.07) is 0. The molecule has 0 aromatic heterocycles. The fourth-order valence-electron chi connectivity index (χ4n) is 0.482. The molecular formula is C3H7N4O+. The summed E-state index contributed by atoms with van der Waals surface area (Å²) < 4.78 is 0. The van der Waals surface area contributed by atoms with Crippen LogP contribution in [0.25, 0.3) is 0 Å². The second-order valence-corrected chi connectivity index (χ2v) is 1.51. The lowest BCUT2D eigenvalue weighted by atomic mass is 10.6. The molecule has 8 heavy (non-hydrogen) atoms. The molecule has 1 aliphatic rings. The predicted molar refractivity (Wildman–Crippen MR) is 26.8 cm³/mol. The molecule has 0 atom stereocenters. The summed E-state index contributed by atoms with van der Waals surface area (Å²) >= 11 is 0. The minimum atomic E-state index is 0.252. The molecule has 0 amide bonds. The largest absolute Gasteiger partial charge is 0.379 e. The Morgan fingerprint density at radius 2 is 2.50 bits per heavy atom. The van der Waals surface area contributed by atoms with Crippen LogP contribution in [0.5, 0.6) is 0 Å². The highest BCUT2D eigenvalue weighted by atomic mass is 16.3. The third-order valence-electron chi connectivity index (χ3n) is 0.961. The van der Waals surface area contributed by atoms with Crippen LogP contribution in [0.15, 0.2) is 11.9 Å². The van der Waals surface area contributed by atoms with E-state index in [0.717, 1.165) is 5.12 Å². The van der Waals surface area contributed by atoms with Gasteiger partial charge in [0.05, 0.1) is 4.91 Å². The molecule has 0 fully saturated rings. The number of hydrogen-bond donors (Lipinski definition) is 2. The van der Waals surface area contributed by atoms with Crippen molar-refractivity contribution in [3.63, 3.8) is 0 Å². The molecule has 5 nitrogen and oxygen atoms in total. The maximum absolute atomic E-state index is 10.4. The van der Waals surface area contributed by atoms with Gasteiger partial charge in [-0.2, -0.15) is 5.84 Å². The Balaban J connectivity index is 2.72. The summed E-state index contributed by atoms with van der Waals surface area (Å²) in [5.41, 5.74) is 5.19. The van der Waals surface area contributed by atoms with Crippen molar-refractivity contribution >= 4 is 0 Å². The Morgan fingerprint density at radius 1 is 1.88 bits per heavy atom. The predicted octanol–water partition coefficient (Wildman–Crippen LogP) is -1.33. The second-order valence-electron chi connectivity index (χ2n) is 1.51. The van der Waals surface area contributed by atoms with Gasteiger partial charge in [-0.1, -0.05) is 0 Å². The fraction of sp³-hybridized carbons (Fsp3) is 0.333. The van der Waals surface area contributed by atoms with E-state index in [2.05, 4.69) is 0 Å². The number of hydrogen-bond acceptors (Lipinski definition) is 3. The molecule has 44 valence electrons. The van der Waals surface area contributed by atoms with Gasteiger partial charge in [0, 0.05) is 6.08 Å². The molecule has 0 bridgehead atoms. The average Bonchev–Trinajstić information content (AvgIpc) is 1.98. The number of nitrogens with zero attached hydrogens (tertiary/aromatic N) is 2.